The third kappa shape index (κ3) is 4.21. The summed E-state index contributed by atoms with van der Waals surface area (Å²) in [6.45, 7) is 0. The maximum Gasteiger partial charge on any atom is 0.310 e. The van der Waals surface area contributed by atoms with Crippen molar-refractivity contribution in [3.63, 3.8) is 0 Å². The molecule has 1 atom stereocenters. The van der Waals surface area contributed by atoms with Crippen molar-refractivity contribution < 1.29 is 23.8 Å². The Hall–Kier alpha value is -2.18. The molecule has 2 nitrogen and oxygen atoms in total. The fourth-order valence-corrected chi connectivity index (χ4v) is 2.78. The Morgan fingerprint density at radius 2 is 1.62 bits per heavy atom. The summed E-state index contributed by atoms with van der Waals surface area (Å²) >= 11 is 0. The van der Waals surface area contributed by atoms with E-state index in [1.165, 1.54) is 18.2 Å². The van der Waals surface area contributed by atoms with Crippen LogP contribution in [0.4, 0.5) is 23.8 Å². The van der Waals surface area contributed by atoms with E-state index < -0.39 is 27.0 Å². The molecule has 0 amide bonds. The van der Waals surface area contributed by atoms with Gasteiger partial charge in [0.25, 0.3) is 0 Å². The minimum absolute atomic E-state index is 0.00507. The van der Waals surface area contributed by atoms with Crippen LogP contribution in [0.15, 0.2) is 47.4 Å². The van der Waals surface area contributed by atoms with E-state index in [2.05, 4.69) is 0 Å². The van der Waals surface area contributed by atoms with E-state index in [9.17, 15) is 23.8 Å². The number of hydrogen-bond donors (Lipinski definition) is 1. The molecule has 0 spiro atoms. The van der Waals surface area contributed by atoms with Crippen molar-refractivity contribution in [3.8, 4) is 17.2 Å². The van der Waals surface area contributed by atoms with Gasteiger partial charge < -0.3 is 5.73 Å². The molecule has 2 N–H and O–H groups in total. The lowest BCUT2D eigenvalue weighted by molar-refractivity contribution is 0.364. The molecule has 2 aromatic rings. The Bertz CT molecular complexity index is 826. The van der Waals surface area contributed by atoms with Gasteiger partial charge in [-0.2, -0.15) is 5.26 Å². The van der Waals surface area contributed by atoms with Crippen molar-refractivity contribution in [1.29, 1.82) is 5.26 Å². The average Bonchev–Trinajstić information content (AvgIpc) is 2.47. The van der Waals surface area contributed by atoms with Crippen LogP contribution < -0.4 is 5.73 Å². The highest BCUT2D eigenvalue weighted by molar-refractivity contribution is 8.45. The van der Waals surface area contributed by atoms with Gasteiger partial charge in [0.15, 0.2) is 0 Å². The molecular weight excluding hydrogens is 354 g/mol. The molecule has 0 aliphatic heterocycles. The zero-order valence-electron chi connectivity index (χ0n) is 12.0. The fraction of sp³-hybridized carbons (Fsp3) is 0.133. The van der Waals surface area contributed by atoms with Crippen LogP contribution in [0.3, 0.4) is 0 Å². The minimum Gasteiger partial charge on any atom is -0.316 e. The molecule has 130 valence electrons. The lowest BCUT2D eigenvalue weighted by Gasteiger charge is -2.40. The Labute approximate surface area is 134 Å². The summed E-state index contributed by atoms with van der Waals surface area (Å²) < 4.78 is 78.2. The molecule has 0 aliphatic rings. The Kier molecular flexibility index (Phi) is 3.90. The lowest BCUT2D eigenvalue weighted by Crippen LogP contribution is -2.20. The Morgan fingerprint density at radius 1 is 1.00 bits per heavy atom. The van der Waals surface area contributed by atoms with E-state index >= 15 is 0 Å². The summed E-state index contributed by atoms with van der Waals surface area (Å²) in [7, 11) is -9.81. The van der Waals surface area contributed by atoms with Crippen LogP contribution in [0.1, 0.15) is 5.56 Å². The van der Waals surface area contributed by atoms with E-state index in [4.69, 9.17) is 11.0 Å². The highest BCUT2D eigenvalue weighted by Crippen LogP contribution is 3.02. The minimum atomic E-state index is -9.81. The van der Waals surface area contributed by atoms with Crippen LogP contribution in [0.5, 0.6) is 0 Å². The second-order valence-corrected chi connectivity index (χ2v) is 7.65. The molecule has 24 heavy (non-hydrogen) atoms. The molecule has 0 heterocycles. The largest absolute Gasteiger partial charge is 0.316 e. The Balaban J connectivity index is 2.45. The van der Waals surface area contributed by atoms with Crippen molar-refractivity contribution in [3.05, 3.63) is 53.8 Å². The van der Waals surface area contributed by atoms with Gasteiger partial charge in [-0.3, -0.25) is 0 Å². The molecule has 0 radical (unpaired) electrons. The highest BCUT2D eigenvalue weighted by Gasteiger charge is 2.65. The van der Waals surface area contributed by atoms with Gasteiger partial charge in [-0.15, -0.1) is 0 Å². The topological polar surface area (TPSA) is 49.8 Å². The van der Waals surface area contributed by atoms with E-state index in [1.54, 1.807) is 6.07 Å². The van der Waals surface area contributed by atoms with Crippen LogP contribution in [-0.2, 0) is 6.42 Å². The molecule has 9 heteroatoms. The van der Waals surface area contributed by atoms with Gasteiger partial charge in [0.1, 0.15) is 10.7 Å². The first-order valence-corrected chi connectivity index (χ1v) is 8.53. The van der Waals surface area contributed by atoms with Gasteiger partial charge in [-0.1, -0.05) is 43.7 Å². The molecule has 2 rings (SSSR count). The number of halogens is 6. The third-order valence-corrected chi connectivity index (χ3v) is 4.42. The second-order valence-electron chi connectivity index (χ2n) is 5.24. The summed E-state index contributed by atoms with van der Waals surface area (Å²) in [5, 5.41) is 8.60. The summed E-state index contributed by atoms with van der Waals surface area (Å²) in [5.41, 5.74) is 5.30. The standard InChI is InChI=1S/C15H12F6N2S/c16-15-8-11(4-5-12(15)6-13(23)9-22)10-2-1-3-14(7-10)24(17,18,19,20)21/h1-5,7-8,13H,6,23H2/t13-/m0/s1. The van der Waals surface area contributed by atoms with Crippen molar-refractivity contribution in [2.45, 2.75) is 17.4 Å². The SMILES string of the molecule is N#C[C@@H](N)Cc1ccc(-c2cccc(S(F)(F)(F)(F)F)c2)cc1F. The molecule has 0 saturated heterocycles. The van der Waals surface area contributed by atoms with Gasteiger partial charge in [0.05, 0.1) is 12.1 Å². The second kappa shape index (κ2) is 5.16. The van der Waals surface area contributed by atoms with Crippen LogP contribution in [-0.4, -0.2) is 6.04 Å². The smallest absolute Gasteiger partial charge is 0.310 e. The number of hydrogen-bond acceptors (Lipinski definition) is 2. The number of nitriles is 1. The monoisotopic (exact) mass is 366 g/mol. The number of rotatable bonds is 4. The van der Waals surface area contributed by atoms with Crippen molar-refractivity contribution in [1.82, 2.24) is 0 Å². The first-order chi connectivity index (χ1) is 10.8. The number of nitrogens with zero attached hydrogens (tertiary/aromatic N) is 1. The van der Waals surface area contributed by atoms with E-state index in [1.807, 2.05) is 0 Å². The van der Waals surface area contributed by atoms with E-state index in [0.29, 0.717) is 0 Å². The normalized spacial score (nSPS) is 15.9. The van der Waals surface area contributed by atoms with Gasteiger partial charge in [-0.05, 0) is 34.9 Å². The van der Waals surface area contributed by atoms with Crippen LogP contribution in [0.2, 0.25) is 0 Å². The fourth-order valence-electron chi connectivity index (χ4n) is 2.09. The molecule has 0 unspecified atom stereocenters. The highest BCUT2D eigenvalue weighted by atomic mass is 32.5. The molecule has 2 aromatic carbocycles. The van der Waals surface area contributed by atoms with Gasteiger partial charge in [-0.25, -0.2) is 4.39 Å². The summed E-state index contributed by atoms with van der Waals surface area (Å²) in [5.74, 6) is -0.782. The summed E-state index contributed by atoms with van der Waals surface area (Å²) in [6.07, 6.45) is -0.0753. The predicted molar refractivity (Wildman–Crippen MR) is 80.5 cm³/mol. The molecule has 0 fully saturated rings. The van der Waals surface area contributed by atoms with Crippen LogP contribution in [0.25, 0.3) is 11.1 Å². The maximum absolute atomic E-state index is 14.0. The summed E-state index contributed by atoms with van der Waals surface area (Å²) in [6, 6.07) is 6.83. The van der Waals surface area contributed by atoms with Crippen molar-refractivity contribution in [2.24, 2.45) is 5.73 Å². The zero-order valence-corrected chi connectivity index (χ0v) is 12.8. The molecule has 0 bridgehead atoms. The molecule has 0 saturated carbocycles. The van der Waals surface area contributed by atoms with Crippen molar-refractivity contribution in [2.75, 3.05) is 0 Å². The zero-order chi connectivity index (χ0) is 18.2. The van der Waals surface area contributed by atoms with Gasteiger partial charge >= 0.3 is 10.2 Å². The molecule has 0 aliphatic carbocycles. The number of nitrogens with two attached hydrogens (primary N) is 1. The van der Waals surface area contributed by atoms with Gasteiger partial charge in [0, 0.05) is 6.42 Å². The number of benzene rings is 2. The average molecular weight is 366 g/mol. The van der Waals surface area contributed by atoms with Crippen molar-refractivity contribution >= 4 is 10.2 Å². The van der Waals surface area contributed by atoms with E-state index in [0.717, 1.165) is 12.1 Å². The first kappa shape index (κ1) is 18.2. The van der Waals surface area contributed by atoms with Crippen LogP contribution in [0, 0.1) is 17.1 Å². The van der Waals surface area contributed by atoms with E-state index in [-0.39, 0.29) is 35.2 Å². The maximum atomic E-state index is 14.0. The van der Waals surface area contributed by atoms with Gasteiger partial charge in [0.2, 0.25) is 0 Å². The predicted octanol–water partition coefficient (Wildman–Crippen LogP) is 5.54. The lowest BCUT2D eigenvalue weighted by atomic mass is 10.0. The third-order valence-electron chi connectivity index (χ3n) is 3.27. The molecular formula is C15H12F6N2S. The van der Waals surface area contributed by atoms with Crippen LogP contribution >= 0.6 is 10.2 Å². The Morgan fingerprint density at radius 3 is 2.17 bits per heavy atom. The quantitative estimate of drug-likeness (QED) is 0.722. The first-order valence-electron chi connectivity index (χ1n) is 6.58. The summed E-state index contributed by atoms with van der Waals surface area (Å²) in [4.78, 5) is -2.04. The molecule has 0 aromatic heterocycles.